The molecule has 94 valence electrons. The zero-order chi connectivity index (χ0) is 13.2. The van der Waals surface area contributed by atoms with Crippen LogP contribution in [0.1, 0.15) is 0 Å². The number of aromatic nitrogens is 2. The molecule has 0 saturated heterocycles. The van der Waals surface area contributed by atoms with E-state index >= 15 is 0 Å². The molecule has 0 unspecified atom stereocenters. The summed E-state index contributed by atoms with van der Waals surface area (Å²) in [5.74, 6) is 0.124. The Kier molecular flexibility index (Phi) is 3.13. The Morgan fingerprint density at radius 2 is 1.63 bits per heavy atom. The van der Waals surface area contributed by atoms with Crippen LogP contribution in [0.5, 0.6) is 0 Å². The fourth-order valence-corrected chi connectivity index (χ4v) is 2.06. The van der Waals surface area contributed by atoms with Gasteiger partial charge >= 0.3 is 0 Å². The molecule has 5 heteroatoms. The van der Waals surface area contributed by atoms with E-state index in [1.807, 2.05) is 30.3 Å². The normalized spacial score (nSPS) is 10.6. The molecule has 0 saturated carbocycles. The second-order valence-electron chi connectivity index (χ2n) is 3.88. The first-order valence-electron chi connectivity index (χ1n) is 5.59. The fourth-order valence-electron chi connectivity index (χ4n) is 1.70. The van der Waals surface area contributed by atoms with Gasteiger partial charge in [-0.2, -0.15) is 0 Å². The molecule has 0 aliphatic rings. The summed E-state index contributed by atoms with van der Waals surface area (Å²) in [5.41, 5.74) is 1.08. The molecular weight excluding hydrogens is 311 g/mol. The fraction of sp³-hybridized carbons (Fsp3) is 0. The van der Waals surface area contributed by atoms with Crippen molar-refractivity contribution in [2.24, 2.45) is 0 Å². The van der Waals surface area contributed by atoms with E-state index < -0.39 is 5.82 Å². The van der Waals surface area contributed by atoms with Crippen molar-refractivity contribution in [2.75, 3.05) is 0 Å². The van der Waals surface area contributed by atoms with Gasteiger partial charge in [0, 0.05) is 5.56 Å². The van der Waals surface area contributed by atoms with Crippen molar-refractivity contribution >= 4 is 15.9 Å². The number of halogens is 2. The molecule has 0 aliphatic carbocycles. The third-order valence-corrected chi connectivity index (χ3v) is 3.24. The molecule has 0 atom stereocenters. The summed E-state index contributed by atoms with van der Waals surface area (Å²) >= 11 is 3.13. The molecule has 3 aromatic rings. The van der Waals surface area contributed by atoms with Crippen molar-refractivity contribution in [3.63, 3.8) is 0 Å². The van der Waals surface area contributed by atoms with E-state index in [1.54, 1.807) is 18.2 Å². The van der Waals surface area contributed by atoms with Crippen molar-refractivity contribution in [2.45, 2.75) is 0 Å². The van der Waals surface area contributed by atoms with Crippen molar-refractivity contribution in [1.29, 1.82) is 0 Å². The van der Waals surface area contributed by atoms with Crippen LogP contribution in [0.4, 0.5) is 4.39 Å². The molecule has 1 heterocycles. The highest BCUT2D eigenvalue weighted by Crippen LogP contribution is 2.28. The Hall–Kier alpha value is -2.01. The highest BCUT2D eigenvalue weighted by molar-refractivity contribution is 9.10. The lowest BCUT2D eigenvalue weighted by Crippen LogP contribution is -1.85. The van der Waals surface area contributed by atoms with Gasteiger partial charge in [-0.25, -0.2) is 4.39 Å². The van der Waals surface area contributed by atoms with Crippen LogP contribution in [0.15, 0.2) is 57.4 Å². The van der Waals surface area contributed by atoms with Crippen LogP contribution in [-0.4, -0.2) is 10.2 Å². The maximum absolute atomic E-state index is 13.9. The van der Waals surface area contributed by atoms with E-state index in [1.165, 1.54) is 0 Å². The predicted octanol–water partition coefficient (Wildman–Crippen LogP) is 4.31. The third kappa shape index (κ3) is 2.29. The van der Waals surface area contributed by atoms with Crippen molar-refractivity contribution in [3.8, 4) is 22.9 Å². The van der Waals surface area contributed by atoms with Gasteiger partial charge in [-0.1, -0.05) is 24.3 Å². The van der Waals surface area contributed by atoms with Crippen LogP contribution in [-0.2, 0) is 0 Å². The average molecular weight is 319 g/mol. The Morgan fingerprint density at radius 1 is 0.895 bits per heavy atom. The van der Waals surface area contributed by atoms with E-state index in [4.69, 9.17) is 4.42 Å². The summed E-state index contributed by atoms with van der Waals surface area (Å²) < 4.78 is 19.8. The predicted molar refractivity (Wildman–Crippen MR) is 72.8 cm³/mol. The first-order valence-corrected chi connectivity index (χ1v) is 6.38. The van der Waals surface area contributed by atoms with E-state index in [9.17, 15) is 4.39 Å². The van der Waals surface area contributed by atoms with Crippen LogP contribution in [0.3, 0.4) is 0 Å². The van der Waals surface area contributed by atoms with Crippen LogP contribution in [0, 0.1) is 5.82 Å². The molecule has 0 aliphatic heterocycles. The molecule has 3 rings (SSSR count). The number of nitrogens with zero attached hydrogens (tertiary/aromatic N) is 2. The summed E-state index contributed by atoms with van der Waals surface area (Å²) in [7, 11) is 0. The highest BCUT2D eigenvalue weighted by atomic mass is 79.9. The molecule has 1 aromatic heterocycles. The minimum Gasteiger partial charge on any atom is -0.416 e. The van der Waals surface area contributed by atoms with Crippen LogP contribution < -0.4 is 0 Å². The summed E-state index contributed by atoms with van der Waals surface area (Å²) in [6.07, 6.45) is 0. The van der Waals surface area contributed by atoms with Gasteiger partial charge in [0.05, 0.1) is 10.0 Å². The summed E-state index contributed by atoms with van der Waals surface area (Å²) in [6, 6.07) is 14.3. The average Bonchev–Trinajstić information content (AvgIpc) is 2.92. The van der Waals surface area contributed by atoms with E-state index in [2.05, 4.69) is 26.1 Å². The van der Waals surface area contributed by atoms with E-state index in [-0.39, 0.29) is 11.5 Å². The zero-order valence-corrected chi connectivity index (χ0v) is 11.3. The molecular formula is C14H8BrFN2O. The molecule has 0 fully saturated rings. The molecule has 0 N–H and O–H groups in total. The highest BCUT2D eigenvalue weighted by Gasteiger charge is 2.15. The van der Waals surface area contributed by atoms with Crippen LogP contribution >= 0.6 is 15.9 Å². The minimum absolute atomic E-state index is 0.164. The monoisotopic (exact) mass is 318 g/mol. The smallest absolute Gasteiger partial charge is 0.251 e. The first kappa shape index (κ1) is 12.0. The van der Waals surface area contributed by atoms with Crippen molar-refractivity contribution < 1.29 is 8.81 Å². The summed E-state index contributed by atoms with van der Waals surface area (Å²) in [5, 5.41) is 7.82. The zero-order valence-electron chi connectivity index (χ0n) is 9.68. The largest absolute Gasteiger partial charge is 0.416 e. The quantitative estimate of drug-likeness (QED) is 0.707. The second kappa shape index (κ2) is 4.93. The Balaban J connectivity index is 2.05. The maximum Gasteiger partial charge on any atom is 0.251 e. The SMILES string of the molecule is Fc1c(Br)cccc1-c1nnc(-c2ccccc2)o1. The van der Waals surface area contributed by atoms with Crippen LogP contribution in [0.25, 0.3) is 22.9 Å². The molecule has 3 nitrogen and oxygen atoms in total. The van der Waals surface area contributed by atoms with Gasteiger partial charge in [0.2, 0.25) is 5.89 Å². The summed E-state index contributed by atoms with van der Waals surface area (Å²) in [6.45, 7) is 0. The lowest BCUT2D eigenvalue weighted by atomic mass is 10.2. The van der Waals surface area contributed by atoms with Gasteiger partial charge in [0.1, 0.15) is 5.82 Å². The molecule has 2 aromatic carbocycles. The summed E-state index contributed by atoms with van der Waals surface area (Å²) in [4.78, 5) is 0. The van der Waals surface area contributed by atoms with Crippen molar-refractivity contribution in [1.82, 2.24) is 10.2 Å². The lowest BCUT2D eigenvalue weighted by Gasteiger charge is -1.99. The maximum atomic E-state index is 13.9. The number of hydrogen-bond acceptors (Lipinski definition) is 3. The topological polar surface area (TPSA) is 38.9 Å². The Labute approximate surface area is 117 Å². The minimum atomic E-state index is -0.411. The first-order chi connectivity index (χ1) is 9.25. The number of benzene rings is 2. The molecule has 19 heavy (non-hydrogen) atoms. The van der Waals surface area contributed by atoms with Gasteiger partial charge in [0.25, 0.3) is 5.89 Å². The molecule has 0 amide bonds. The van der Waals surface area contributed by atoms with Crippen LogP contribution in [0.2, 0.25) is 0 Å². The second-order valence-corrected chi connectivity index (χ2v) is 4.73. The van der Waals surface area contributed by atoms with E-state index in [0.717, 1.165) is 5.56 Å². The van der Waals surface area contributed by atoms with Gasteiger partial charge in [-0.15, -0.1) is 10.2 Å². The van der Waals surface area contributed by atoms with Gasteiger partial charge in [-0.3, -0.25) is 0 Å². The third-order valence-electron chi connectivity index (χ3n) is 2.63. The Bertz CT molecular complexity index is 712. The standard InChI is InChI=1S/C14H8BrFN2O/c15-11-8-4-7-10(12(11)16)14-18-17-13(19-14)9-5-2-1-3-6-9/h1-8H. The molecule has 0 bridgehead atoms. The molecule has 0 spiro atoms. The number of hydrogen-bond donors (Lipinski definition) is 0. The van der Waals surface area contributed by atoms with Gasteiger partial charge in [-0.05, 0) is 40.2 Å². The number of rotatable bonds is 2. The molecule has 0 radical (unpaired) electrons. The van der Waals surface area contributed by atoms with Gasteiger partial charge in [0.15, 0.2) is 0 Å². The lowest BCUT2D eigenvalue weighted by molar-refractivity contribution is 0.569. The van der Waals surface area contributed by atoms with E-state index in [0.29, 0.717) is 10.4 Å². The van der Waals surface area contributed by atoms with Crippen molar-refractivity contribution in [3.05, 3.63) is 58.8 Å². The Morgan fingerprint density at radius 3 is 2.42 bits per heavy atom. The van der Waals surface area contributed by atoms with Gasteiger partial charge < -0.3 is 4.42 Å².